The van der Waals surface area contributed by atoms with E-state index in [1.165, 1.54) is 15.3 Å². The van der Waals surface area contributed by atoms with Crippen molar-refractivity contribution in [2.75, 3.05) is 32.9 Å². The first-order valence-electron chi connectivity index (χ1n) is 9.75. The summed E-state index contributed by atoms with van der Waals surface area (Å²) in [6, 6.07) is 9.27. The minimum absolute atomic E-state index is 0.221. The summed E-state index contributed by atoms with van der Waals surface area (Å²) >= 11 is 3.67. The molecule has 1 aromatic heterocycles. The van der Waals surface area contributed by atoms with Gasteiger partial charge in [0.25, 0.3) is 6.20 Å². The van der Waals surface area contributed by atoms with Crippen LogP contribution < -0.4 is 10.6 Å². The summed E-state index contributed by atoms with van der Waals surface area (Å²) in [5, 5.41) is 26.6. The topological polar surface area (TPSA) is 90.7 Å². The highest BCUT2D eigenvalue weighted by Gasteiger charge is 2.07. The standard InChI is InChI=1S/C21H30N4O3S2/c1-16-11-19(30-20(16)13-24(2)3)15-29-10-9-23-21(14-25(27)28)22-8-7-17-5-4-6-18(26)12-17/h4-6,11-12,14,22-23,26H,7-10,13,15H2,1-3H3. The van der Waals surface area contributed by atoms with E-state index >= 15 is 0 Å². The van der Waals surface area contributed by atoms with Crippen molar-refractivity contribution in [2.45, 2.75) is 25.6 Å². The van der Waals surface area contributed by atoms with Gasteiger partial charge in [-0.2, -0.15) is 11.8 Å². The van der Waals surface area contributed by atoms with Crippen LogP contribution in [0.4, 0.5) is 0 Å². The Kier molecular flexibility index (Phi) is 9.99. The number of nitro groups is 1. The van der Waals surface area contributed by atoms with Crippen molar-refractivity contribution in [1.82, 2.24) is 15.5 Å². The number of aromatic hydroxyl groups is 1. The number of benzene rings is 1. The zero-order valence-corrected chi connectivity index (χ0v) is 19.3. The third-order valence-corrected chi connectivity index (χ3v) is 6.62. The Labute approximate surface area is 186 Å². The highest BCUT2D eigenvalue weighted by molar-refractivity contribution is 7.98. The van der Waals surface area contributed by atoms with E-state index in [0.717, 1.165) is 29.8 Å². The predicted molar refractivity (Wildman–Crippen MR) is 126 cm³/mol. The van der Waals surface area contributed by atoms with Gasteiger partial charge in [0.15, 0.2) is 5.82 Å². The number of phenolic OH excluding ortho intramolecular Hbond substituents is 1. The molecule has 0 amide bonds. The van der Waals surface area contributed by atoms with E-state index in [2.05, 4.69) is 42.6 Å². The number of hydrogen-bond donors (Lipinski definition) is 3. The fourth-order valence-corrected chi connectivity index (χ4v) is 5.10. The van der Waals surface area contributed by atoms with Crippen LogP contribution in [0.15, 0.2) is 42.4 Å². The van der Waals surface area contributed by atoms with E-state index in [9.17, 15) is 15.2 Å². The van der Waals surface area contributed by atoms with Crippen molar-refractivity contribution in [3.63, 3.8) is 0 Å². The molecule has 9 heteroatoms. The van der Waals surface area contributed by atoms with Crippen molar-refractivity contribution in [3.8, 4) is 5.75 Å². The number of thiophene rings is 1. The first kappa shape index (κ1) is 24.0. The van der Waals surface area contributed by atoms with Gasteiger partial charge in [-0.1, -0.05) is 12.1 Å². The second-order valence-corrected chi connectivity index (χ2v) is 9.54. The Balaban J connectivity index is 1.72. The second-order valence-electron chi connectivity index (χ2n) is 7.21. The van der Waals surface area contributed by atoms with Gasteiger partial charge in [0.1, 0.15) is 5.75 Å². The minimum Gasteiger partial charge on any atom is -0.508 e. The van der Waals surface area contributed by atoms with Gasteiger partial charge in [-0.3, -0.25) is 10.1 Å². The fraction of sp³-hybridized carbons (Fsp3) is 0.429. The van der Waals surface area contributed by atoms with Crippen LogP contribution in [0.3, 0.4) is 0 Å². The van der Waals surface area contributed by atoms with Gasteiger partial charge in [0.2, 0.25) is 0 Å². The van der Waals surface area contributed by atoms with Crippen molar-refractivity contribution in [1.29, 1.82) is 0 Å². The summed E-state index contributed by atoms with van der Waals surface area (Å²) in [5.41, 5.74) is 2.31. The lowest BCUT2D eigenvalue weighted by Crippen LogP contribution is -2.30. The van der Waals surface area contributed by atoms with Crippen molar-refractivity contribution in [3.05, 3.63) is 73.3 Å². The molecule has 1 heterocycles. The van der Waals surface area contributed by atoms with Gasteiger partial charge in [-0.05, 0) is 56.8 Å². The molecule has 0 fully saturated rings. The van der Waals surface area contributed by atoms with E-state index in [4.69, 9.17) is 0 Å². The third-order valence-electron chi connectivity index (χ3n) is 4.21. The summed E-state index contributed by atoms with van der Waals surface area (Å²) in [6.07, 6.45) is 1.62. The van der Waals surface area contributed by atoms with Gasteiger partial charge in [-0.25, -0.2) is 0 Å². The molecule has 0 aliphatic rings. The molecule has 0 bridgehead atoms. The highest BCUT2D eigenvalue weighted by Crippen LogP contribution is 2.26. The molecule has 164 valence electrons. The highest BCUT2D eigenvalue weighted by atomic mass is 32.2. The molecule has 3 N–H and O–H groups in total. The molecule has 0 radical (unpaired) electrons. The number of nitrogens with one attached hydrogen (secondary N) is 2. The molecule has 2 aromatic rings. The quantitative estimate of drug-likeness (QED) is 0.244. The first-order valence-corrected chi connectivity index (χ1v) is 11.7. The Morgan fingerprint density at radius 3 is 2.77 bits per heavy atom. The van der Waals surface area contributed by atoms with E-state index in [1.54, 1.807) is 18.2 Å². The van der Waals surface area contributed by atoms with Gasteiger partial charge >= 0.3 is 0 Å². The lowest BCUT2D eigenvalue weighted by atomic mass is 10.1. The molecule has 1 aromatic carbocycles. The SMILES string of the molecule is Cc1cc(CSCCNC(=C[N+](=O)[O-])NCCc2cccc(O)c2)sc1CN(C)C. The maximum atomic E-state index is 10.9. The van der Waals surface area contributed by atoms with Crippen molar-refractivity contribution < 1.29 is 10.0 Å². The maximum absolute atomic E-state index is 10.9. The van der Waals surface area contributed by atoms with Gasteiger partial charge in [-0.15, -0.1) is 11.3 Å². The summed E-state index contributed by atoms with van der Waals surface area (Å²) < 4.78 is 0. The van der Waals surface area contributed by atoms with Crippen LogP contribution in [0.5, 0.6) is 5.75 Å². The summed E-state index contributed by atoms with van der Waals surface area (Å²) in [7, 11) is 4.15. The number of hydrogen-bond acceptors (Lipinski definition) is 8. The molecule has 0 saturated heterocycles. The summed E-state index contributed by atoms with van der Waals surface area (Å²) in [5.74, 6) is 2.42. The predicted octanol–water partition coefficient (Wildman–Crippen LogP) is 3.55. The molecular formula is C21H30N4O3S2. The molecule has 0 aliphatic heterocycles. The van der Waals surface area contributed by atoms with Crippen LogP contribution in [0.25, 0.3) is 0 Å². The molecular weight excluding hydrogens is 420 g/mol. The van der Waals surface area contributed by atoms with E-state index in [-0.39, 0.29) is 5.75 Å². The van der Waals surface area contributed by atoms with Crippen LogP contribution >= 0.6 is 23.1 Å². The average Bonchev–Trinajstić information content (AvgIpc) is 2.99. The van der Waals surface area contributed by atoms with Crippen LogP contribution in [0.2, 0.25) is 0 Å². The van der Waals surface area contributed by atoms with E-state index in [0.29, 0.717) is 25.3 Å². The van der Waals surface area contributed by atoms with Crippen LogP contribution in [0, 0.1) is 17.0 Å². The molecule has 30 heavy (non-hydrogen) atoms. The number of aryl methyl sites for hydroxylation is 1. The normalized spacial score (nSPS) is 11.7. The smallest absolute Gasteiger partial charge is 0.274 e. The van der Waals surface area contributed by atoms with Crippen LogP contribution in [0.1, 0.15) is 20.9 Å². The molecule has 0 aliphatic carbocycles. The summed E-state index contributed by atoms with van der Waals surface area (Å²) in [6.45, 7) is 4.29. The zero-order valence-electron chi connectivity index (χ0n) is 17.7. The van der Waals surface area contributed by atoms with Crippen molar-refractivity contribution in [2.24, 2.45) is 0 Å². The molecule has 0 spiro atoms. The monoisotopic (exact) mass is 450 g/mol. The molecule has 0 atom stereocenters. The van der Waals surface area contributed by atoms with Gasteiger partial charge in [0.05, 0.1) is 4.92 Å². The largest absolute Gasteiger partial charge is 0.508 e. The summed E-state index contributed by atoms with van der Waals surface area (Å²) in [4.78, 5) is 15.4. The Morgan fingerprint density at radius 1 is 1.30 bits per heavy atom. The molecule has 2 rings (SSSR count). The number of nitrogens with zero attached hydrogens (tertiary/aromatic N) is 2. The average molecular weight is 451 g/mol. The minimum atomic E-state index is -0.461. The lowest BCUT2D eigenvalue weighted by Gasteiger charge is -2.11. The number of rotatable bonds is 13. The Hall–Kier alpha value is -2.23. The lowest BCUT2D eigenvalue weighted by molar-refractivity contribution is -0.404. The van der Waals surface area contributed by atoms with E-state index in [1.807, 2.05) is 29.2 Å². The van der Waals surface area contributed by atoms with Crippen LogP contribution in [-0.4, -0.2) is 47.9 Å². The van der Waals surface area contributed by atoms with Crippen molar-refractivity contribution >= 4 is 23.1 Å². The zero-order chi connectivity index (χ0) is 21.9. The number of thioether (sulfide) groups is 1. The first-order chi connectivity index (χ1) is 14.3. The third kappa shape index (κ3) is 9.06. The number of phenols is 1. The van der Waals surface area contributed by atoms with Gasteiger partial charge in [0, 0.05) is 40.9 Å². The molecule has 7 nitrogen and oxygen atoms in total. The van der Waals surface area contributed by atoms with Gasteiger partial charge < -0.3 is 20.6 Å². The molecule has 0 saturated carbocycles. The van der Waals surface area contributed by atoms with E-state index < -0.39 is 4.92 Å². The second kappa shape index (κ2) is 12.5. The molecule has 0 unspecified atom stereocenters. The Morgan fingerprint density at radius 2 is 2.07 bits per heavy atom. The fourth-order valence-electron chi connectivity index (χ4n) is 2.85. The maximum Gasteiger partial charge on any atom is 0.274 e. The van der Waals surface area contributed by atoms with Crippen LogP contribution in [-0.2, 0) is 18.7 Å². The Bertz CT molecular complexity index is 853.